The maximum atomic E-state index is 11.6. The van der Waals surface area contributed by atoms with Gasteiger partial charge in [-0.2, -0.15) is 0 Å². The van der Waals surface area contributed by atoms with E-state index in [1.807, 2.05) is 42.5 Å². The molecule has 0 unspecified atom stereocenters. The number of unbranched alkanes of at least 4 members (excludes halogenated alkanes) is 2. The molecule has 22 heavy (non-hydrogen) atoms. The minimum atomic E-state index is -0.366. The molecule has 0 fully saturated rings. The van der Waals surface area contributed by atoms with E-state index in [1.54, 1.807) is 5.48 Å². The van der Waals surface area contributed by atoms with Gasteiger partial charge in [-0.1, -0.05) is 48.9 Å². The molecule has 0 saturated heterocycles. The molecule has 1 rings (SSSR count). The second kappa shape index (κ2) is 11.5. The van der Waals surface area contributed by atoms with Crippen molar-refractivity contribution in [1.82, 2.24) is 10.8 Å². The summed E-state index contributed by atoms with van der Waals surface area (Å²) in [5.74, 6) is -0.319. The van der Waals surface area contributed by atoms with Crippen molar-refractivity contribution >= 4 is 17.9 Å². The normalized spacial score (nSPS) is 10.6. The van der Waals surface area contributed by atoms with E-state index in [1.165, 1.54) is 0 Å². The Labute approximate surface area is 131 Å². The Bertz CT molecular complexity index is 472. The zero-order valence-electron chi connectivity index (χ0n) is 12.8. The van der Waals surface area contributed by atoms with Crippen molar-refractivity contribution in [3.05, 3.63) is 42.0 Å². The summed E-state index contributed by atoms with van der Waals surface area (Å²) in [7, 11) is 0. The molecule has 0 aliphatic rings. The van der Waals surface area contributed by atoms with E-state index < -0.39 is 0 Å². The maximum absolute atomic E-state index is 11.6. The summed E-state index contributed by atoms with van der Waals surface area (Å²) in [6.07, 6.45) is 7.93. The van der Waals surface area contributed by atoms with Crippen LogP contribution in [-0.2, 0) is 9.59 Å². The highest BCUT2D eigenvalue weighted by Crippen LogP contribution is 2.03. The molecular formula is C17H24N2O3. The van der Waals surface area contributed by atoms with Crippen LogP contribution in [0.4, 0.5) is 0 Å². The monoisotopic (exact) mass is 304 g/mol. The Balaban J connectivity index is 2.00. The van der Waals surface area contributed by atoms with Gasteiger partial charge in [-0.3, -0.25) is 14.8 Å². The second-order valence-corrected chi connectivity index (χ2v) is 5.05. The third kappa shape index (κ3) is 8.92. The molecule has 0 spiro atoms. The molecule has 0 heterocycles. The van der Waals surface area contributed by atoms with Gasteiger partial charge in [0.05, 0.1) is 0 Å². The van der Waals surface area contributed by atoms with Crippen LogP contribution in [0.25, 0.3) is 6.08 Å². The van der Waals surface area contributed by atoms with Crippen LogP contribution in [0.3, 0.4) is 0 Å². The van der Waals surface area contributed by atoms with Gasteiger partial charge >= 0.3 is 0 Å². The van der Waals surface area contributed by atoms with E-state index in [0.717, 1.165) is 24.8 Å². The van der Waals surface area contributed by atoms with Gasteiger partial charge in [-0.15, -0.1) is 0 Å². The Kier molecular flexibility index (Phi) is 9.37. The van der Waals surface area contributed by atoms with Gasteiger partial charge in [0, 0.05) is 19.4 Å². The first-order chi connectivity index (χ1) is 10.7. The molecule has 0 atom stereocenters. The number of nitrogens with one attached hydrogen (secondary N) is 2. The third-order valence-corrected chi connectivity index (χ3v) is 3.18. The van der Waals surface area contributed by atoms with Crippen molar-refractivity contribution in [2.45, 2.75) is 38.5 Å². The van der Waals surface area contributed by atoms with E-state index in [9.17, 15) is 9.59 Å². The highest BCUT2D eigenvalue weighted by molar-refractivity contribution is 5.76. The molecular weight excluding hydrogens is 280 g/mol. The van der Waals surface area contributed by atoms with Crippen molar-refractivity contribution < 1.29 is 14.8 Å². The van der Waals surface area contributed by atoms with Crippen molar-refractivity contribution in [2.24, 2.45) is 0 Å². The first-order valence-electron chi connectivity index (χ1n) is 7.63. The van der Waals surface area contributed by atoms with Gasteiger partial charge in [0.25, 0.3) is 0 Å². The third-order valence-electron chi connectivity index (χ3n) is 3.18. The SMILES string of the molecule is O=C(CCCCCNC(=O)CCC=Cc1ccccc1)NO. The lowest BCUT2D eigenvalue weighted by molar-refractivity contribution is -0.129. The van der Waals surface area contributed by atoms with Gasteiger partial charge in [0.1, 0.15) is 0 Å². The molecule has 3 N–H and O–H groups in total. The van der Waals surface area contributed by atoms with Crippen molar-refractivity contribution in [3.63, 3.8) is 0 Å². The average Bonchev–Trinajstić information content (AvgIpc) is 2.55. The van der Waals surface area contributed by atoms with Gasteiger partial charge in [-0.05, 0) is 24.8 Å². The smallest absolute Gasteiger partial charge is 0.243 e. The van der Waals surface area contributed by atoms with Crippen LogP contribution in [0.2, 0.25) is 0 Å². The van der Waals surface area contributed by atoms with E-state index in [-0.39, 0.29) is 11.8 Å². The van der Waals surface area contributed by atoms with E-state index in [0.29, 0.717) is 25.8 Å². The summed E-state index contributed by atoms with van der Waals surface area (Å²) in [5.41, 5.74) is 2.73. The zero-order valence-corrected chi connectivity index (χ0v) is 12.8. The lowest BCUT2D eigenvalue weighted by Crippen LogP contribution is -2.24. The Morgan fingerprint density at radius 2 is 1.77 bits per heavy atom. The molecule has 0 saturated carbocycles. The number of hydroxylamine groups is 1. The minimum Gasteiger partial charge on any atom is -0.356 e. The van der Waals surface area contributed by atoms with Crippen LogP contribution in [0.1, 0.15) is 44.1 Å². The Hall–Kier alpha value is -2.14. The summed E-state index contributed by atoms with van der Waals surface area (Å²) in [4.78, 5) is 22.4. The lowest BCUT2D eigenvalue weighted by atomic mass is 10.1. The van der Waals surface area contributed by atoms with Crippen LogP contribution in [0, 0.1) is 0 Å². The van der Waals surface area contributed by atoms with Gasteiger partial charge in [0.15, 0.2) is 0 Å². The molecule has 0 aliphatic heterocycles. The number of rotatable bonds is 10. The second-order valence-electron chi connectivity index (χ2n) is 5.05. The summed E-state index contributed by atoms with van der Waals surface area (Å²) >= 11 is 0. The molecule has 2 amide bonds. The largest absolute Gasteiger partial charge is 0.356 e. The predicted molar refractivity (Wildman–Crippen MR) is 86.1 cm³/mol. The number of carbonyl (C=O) groups excluding carboxylic acids is 2. The molecule has 0 aliphatic carbocycles. The standard InChI is InChI=1S/C17H24N2O3/c20-16(18-14-8-2-5-13-17(21)19-22)12-7-6-11-15-9-3-1-4-10-15/h1,3-4,6,9-11,22H,2,5,7-8,12-14H2,(H,18,20)(H,19,21). The molecule has 5 nitrogen and oxygen atoms in total. The molecule has 1 aromatic carbocycles. The average molecular weight is 304 g/mol. The molecule has 0 radical (unpaired) electrons. The first kappa shape index (κ1) is 17.9. The summed E-state index contributed by atoms with van der Waals surface area (Å²) in [6, 6.07) is 9.98. The summed E-state index contributed by atoms with van der Waals surface area (Å²) in [6.45, 7) is 0.627. The predicted octanol–water partition coefficient (Wildman–Crippen LogP) is 2.66. The molecule has 0 aromatic heterocycles. The van der Waals surface area contributed by atoms with E-state index in [2.05, 4.69) is 5.32 Å². The number of hydrogen-bond acceptors (Lipinski definition) is 3. The first-order valence-corrected chi connectivity index (χ1v) is 7.63. The molecule has 0 bridgehead atoms. The van der Waals surface area contributed by atoms with E-state index in [4.69, 9.17) is 5.21 Å². The van der Waals surface area contributed by atoms with Gasteiger partial charge in [-0.25, -0.2) is 5.48 Å². The van der Waals surface area contributed by atoms with Crippen molar-refractivity contribution in [1.29, 1.82) is 0 Å². The van der Waals surface area contributed by atoms with Crippen molar-refractivity contribution in [3.8, 4) is 0 Å². The van der Waals surface area contributed by atoms with Gasteiger partial charge < -0.3 is 5.32 Å². The van der Waals surface area contributed by atoms with Crippen LogP contribution >= 0.6 is 0 Å². The van der Waals surface area contributed by atoms with E-state index >= 15 is 0 Å². The van der Waals surface area contributed by atoms with Crippen LogP contribution in [0.15, 0.2) is 36.4 Å². The quantitative estimate of drug-likeness (QED) is 0.353. The minimum absolute atomic E-state index is 0.0470. The zero-order chi connectivity index (χ0) is 16.0. The summed E-state index contributed by atoms with van der Waals surface area (Å²) < 4.78 is 0. The topological polar surface area (TPSA) is 78.4 Å². The highest BCUT2D eigenvalue weighted by atomic mass is 16.5. The fourth-order valence-electron chi connectivity index (χ4n) is 1.96. The maximum Gasteiger partial charge on any atom is 0.243 e. The van der Waals surface area contributed by atoms with Crippen LogP contribution in [-0.4, -0.2) is 23.6 Å². The number of carbonyl (C=O) groups is 2. The molecule has 1 aromatic rings. The van der Waals surface area contributed by atoms with Crippen LogP contribution in [0.5, 0.6) is 0 Å². The molecule has 5 heteroatoms. The number of benzene rings is 1. The van der Waals surface area contributed by atoms with Crippen LogP contribution < -0.4 is 10.8 Å². The summed E-state index contributed by atoms with van der Waals surface area (Å²) in [5, 5.41) is 11.2. The fourth-order valence-corrected chi connectivity index (χ4v) is 1.96. The molecule has 120 valence electrons. The number of amides is 2. The Morgan fingerprint density at radius 1 is 1.00 bits per heavy atom. The van der Waals surface area contributed by atoms with Crippen molar-refractivity contribution in [2.75, 3.05) is 6.54 Å². The van der Waals surface area contributed by atoms with Gasteiger partial charge in [0.2, 0.25) is 11.8 Å². The number of allylic oxidation sites excluding steroid dienone is 1. The highest BCUT2D eigenvalue weighted by Gasteiger charge is 2.00. The lowest BCUT2D eigenvalue weighted by Gasteiger charge is -2.04. The Morgan fingerprint density at radius 3 is 2.50 bits per heavy atom. The number of hydrogen-bond donors (Lipinski definition) is 3. The fraction of sp³-hybridized carbons (Fsp3) is 0.412.